The molecule has 0 fully saturated rings. The Morgan fingerprint density at radius 3 is 2.24 bits per heavy atom. The Labute approximate surface area is 198 Å². The van der Waals surface area contributed by atoms with Gasteiger partial charge in [0.15, 0.2) is 0 Å². The molecule has 2 amide bonds. The second-order valence-electron chi connectivity index (χ2n) is 7.60. The summed E-state index contributed by atoms with van der Waals surface area (Å²) in [4.78, 5) is 23.9. The molecule has 0 unspecified atom stereocenters. The molecule has 0 heterocycles. The first-order valence-corrected chi connectivity index (χ1v) is 11.9. The van der Waals surface area contributed by atoms with Gasteiger partial charge in [0, 0.05) is 17.3 Å². The van der Waals surface area contributed by atoms with Gasteiger partial charge in [-0.1, -0.05) is 53.6 Å². The third kappa shape index (κ3) is 6.89. The molecule has 0 radical (unpaired) electrons. The van der Waals surface area contributed by atoms with Gasteiger partial charge in [-0.05, 0) is 54.4 Å². The van der Waals surface area contributed by atoms with E-state index in [2.05, 4.69) is 5.32 Å². The molecular weight excluding hydrogens is 462 g/mol. The Bertz CT molecular complexity index is 1240. The molecular formula is C24H24ClN3O4S. The van der Waals surface area contributed by atoms with Gasteiger partial charge in [-0.25, -0.2) is 8.42 Å². The number of hydrogen-bond donors (Lipinski definition) is 2. The highest BCUT2D eigenvalue weighted by molar-refractivity contribution is 7.89. The lowest BCUT2D eigenvalue weighted by molar-refractivity contribution is -0.117. The number of carbonyl (C=O) groups is 2. The Hall–Kier alpha value is -3.20. The molecule has 3 aromatic carbocycles. The number of primary amides is 1. The fraction of sp³-hybridized carbons (Fsp3) is 0.167. The zero-order valence-electron chi connectivity index (χ0n) is 18.0. The van der Waals surface area contributed by atoms with Gasteiger partial charge in [-0.15, -0.1) is 0 Å². The van der Waals surface area contributed by atoms with Crippen LogP contribution < -0.4 is 11.1 Å². The number of anilines is 1. The van der Waals surface area contributed by atoms with Crippen LogP contribution >= 0.6 is 11.6 Å². The summed E-state index contributed by atoms with van der Waals surface area (Å²) in [5.74, 6) is -0.958. The van der Waals surface area contributed by atoms with Crippen molar-refractivity contribution in [3.8, 4) is 0 Å². The number of benzene rings is 3. The first-order chi connectivity index (χ1) is 15.6. The summed E-state index contributed by atoms with van der Waals surface area (Å²) < 4.78 is 27.8. The summed E-state index contributed by atoms with van der Waals surface area (Å²) in [6, 6.07) is 19.9. The molecule has 3 aromatic rings. The number of nitrogens with zero attached hydrogens (tertiary/aromatic N) is 1. The molecule has 0 atom stereocenters. The van der Waals surface area contributed by atoms with Crippen LogP contribution in [0.4, 0.5) is 5.69 Å². The second-order valence-corrected chi connectivity index (χ2v) is 9.98. The number of nitrogens with one attached hydrogen (secondary N) is 1. The Morgan fingerprint density at radius 2 is 1.64 bits per heavy atom. The normalized spacial score (nSPS) is 11.4. The third-order valence-electron chi connectivity index (χ3n) is 4.84. The summed E-state index contributed by atoms with van der Waals surface area (Å²) in [6.45, 7) is 1.44. The van der Waals surface area contributed by atoms with E-state index >= 15 is 0 Å². The van der Waals surface area contributed by atoms with Crippen molar-refractivity contribution in [3.05, 3.63) is 94.5 Å². The molecule has 0 bridgehead atoms. The zero-order chi connectivity index (χ0) is 24.0. The third-order valence-corrected chi connectivity index (χ3v) is 6.88. The van der Waals surface area contributed by atoms with Crippen molar-refractivity contribution in [1.29, 1.82) is 0 Å². The smallest absolute Gasteiger partial charge is 0.243 e. The molecule has 3 rings (SSSR count). The van der Waals surface area contributed by atoms with Crippen LogP contribution in [-0.2, 0) is 32.6 Å². The summed E-state index contributed by atoms with van der Waals surface area (Å²) in [5, 5.41) is 3.17. The predicted molar refractivity (Wildman–Crippen MR) is 128 cm³/mol. The van der Waals surface area contributed by atoms with Crippen molar-refractivity contribution < 1.29 is 18.0 Å². The van der Waals surface area contributed by atoms with Crippen molar-refractivity contribution in [3.63, 3.8) is 0 Å². The minimum atomic E-state index is -3.96. The number of sulfonamides is 1. The lowest BCUT2D eigenvalue weighted by Crippen LogP contribution is -2.37. The highest BCUT2D eigenvalue weighted by Gasteiger charge is 2.27. The highest BCUT2D eigenvalue weighted by Crippen LogP contribution is 2.21. The molecule has 0 saturated carbocycles. The van der Waals surface area contributed by atoms with E-state index in [9.17, 15) is 18.0 Å². The number of carbonyl (C=O) groups excluding carboxylic acids is 2. The van der Waals surface area contributed by atoms with Crippen molar-refractivity contribution in [2.45, 2.75) is 24.8 Å². The monoisotopic (exact) mass is 485 g/mol. The van der Waals surface area contributed by atoms with E-state index in [-0.39, 0.29) is 17.9 Å². The van der Waals surface area contributed by atoms with Crippen molar-refractivity contribution in [2.75, 3.05) is 11.9 Å². The van der Waals surface area contributed by atoms with Gasteiger partial charge in [0.1, 0.15) is 0 Å². The topological polar surface area (TPSA) is 110 Å². The first kappa shape index (κ1) is 24.4. The fourth-order valence-corrected chi connectivity index (χ4v) is 4.79. The van der Waals surface area contributed by atoms with Gasteiger partial charge in [0.25, 0.3) is 0 Å². The molecule has 0 aliphatic rings. The molecule has 0 aliphatic carbocycles. The Morgan fingerprint density at radius 1 is 0.970 bits per heavy atom. The molecule has 0 saturated heterocycles. The van der Waals surface area contributed by atoms with Crippen LogP contribution in [0.15, 0.2) is 77.7 Å². The van der Waals surface area contributed by atoms with Gasteiger partial charge in [-0.3, -0.25) is 9.59 Å². The number of rotatable bonds is 9. The van der Waals surface area contributed by atoms with Crippen LogP contribution in [0.25, 0.3) is 0 Å². The SMILES string of the molecule is Cc1ccc(S(=O)(=O)N(CC(=O)Nc2ccc(CC(N)=O)cc2)Cc2cccc(Cl)c2)cc1. The zero-order valence-corrected chi connectivity index (χ0v) is 19.6. The Balaban J connectivity index is 1.82. The average Bonchev–Trinajstić information content (AvgIpc) is 2.74. The number of amides is 2. The summed E-state index contributed by atoms with van der Waals surface area (Å²) in [5.41, 5.74) is 7.96. The van der Waals surface area contributed by atoms with E-state index in [0.29, 0.717) is 21.8 Å². The highest BCUT2D eigenvalue weighted by atomic mass is 35.5. The first-order valence-electron chi connectivity index (χ1n) is 10.1. The van der Waals surface area contributed by atoms with E-state index in [1.54, 1.807) is 60.7 Å². The summed E-state index contributed by atoms with van der Waals surface area (Å²) in [7, 11) is -3.96. The number of halogens is 1. The molecule has 7 nitrogen and oxygen atoms in total. The maximum Gasteiger partial charge on any atom is 0.243 e. The lowest BCUT2D eigenvalue weighted by atomic mass is 10.1. The van der Waals surface area contributed by atoms with Crippen LogP contribution in [0.1, 0.15) is 16.7 Å². The molecule has 33 heavy (non-hydrogen) atoms. The van der Waals surface area contributed by atoms with Crippen LogP contribution in [0, 0.1) is 6.92 Å². The van der Waals surface area contributed by atoms with Crippen molar-refractivity contribution >= 4 is 39.1 Å². The van der Waals surface area contributed by atoms with E-state index in [0.717, 1.165) is 9.87 Å². The standard InChI is InChI=1S/C24H24ClN3O4S/c1-17-5-11-22(12-6-17)33(31,32)28(15-19-3-2-4-20(25)13-19)16-24(30)27-21-9-7-18(8-10-21)14-23(26)29/h2-13H,14-16H2,1H3,(H2,26,29)(H,27,30). The van der Waals surface area contributed by atoms with Gasteiger partial charge < -0.3 is 11.1 Å². The van der Waals surface area contributed by atoms with Crippen LogP contribution in [0.3, 0.4) is 0 Å². The molecule has 0 spiro atoms. The van der Waals surface area contributed by atoms with Gasteiger partial charge in [0.2, 0.25) is 21.8 Å². The van der Waals surface area contributed by atoms with Crippen LogP contribution in [0.2, 0.25) is 5.02 Å². The number of aryl methyl sites for hydroxylation is 1. The van der Waals surface area contributed by atoms with Crippen molar-refractivity contribution in [2.24, 2.45) is 5.73 Å². The Kier molecular flexibility index (Phi) is 7.86. The maximum absolute atomic E-state index is 13.3. The quantitative estimate of drug-likeness (QED) is 0.483. The predicted octanol–water partition coefficient (Wildman–Crippen LogP) is 3.51. The molecule has 0 aromatic heterocycles. The largest absolute Gasteiger partial charge is 0.369 e. The van der Waals surface area contributed by atoms with E-state index in [4.69, 9.17) is 17.3 Å². The molecule has 9 heteroatoms. The maximum atomic E-state index is 13.3. The minimum Gasteiger partial charge on any atom is -0.369 e. The lowest BCUT2D eigenvalue weighted by Gasteiger charge is -2.22. The van der Waals surface area contributed by atoms with Crippen LogP contribution in [-0.4, -0.2) is 31.1 Å². The van der Waals surface area contributed by atoms with Crippen LogP contribution in [0.5, 0.6) is 0 Å². The second kappa shape index (κ2) is 10.6. The minimum absolute atomic E-state index is 0.0261. The van der Waals surface area contributed by atoms with Gasteiger partial charge >= 0.3 is 0 Å². The van der Waals surface area contributed by atoms with E-state index < -0.39 is 28.4 Å². The van der Waals surface area contributed by atoms with Crippen molar-refractivity contribution in [1.82, 2.24) is 4.31 Å². The molecule has 0 aliphatic heterocycles. The summed E-state index contributed by atoms with van der Waals surface area (Å²) in [6.07, 6.45) is 0.0937. The van der Waals surface area contributed by atoms with E-state index in [1.165, 1.54) is 12.1 Å². The summed E-state index contributed by atoms with van der Waals surface area (Å²) >= 11 is 6.06. The fourth-order valence-electron chi connectivity index (χ4n) is 3.19. The van der Waals surface area contributed by atoms with Gasteiger partial charge in [0.05, 0.1) is 17.9 Å². The van der Waals surface area contributed by atoms with E-state index in [1.807, 2.05) is 6.92 Å². The number of hydrogen-bond acceptors (Lipinski definition) is 4. The average molecular weight is 486 g/mol. The number of nitrogens with two attached hydrogens (primary N) is 1. The van der Waals surface area contributed by atoms with Gasteiger partial charge in [-0.2, -0.15) is 4.31 Å². The molecule has 172 valence electrons. The molecule has 3 N–H and O–H groups in total.